The summed E-state index contributed by atoms with van der Waals surface area (Å²) in [4.78, 5) is 22.9. The molecule has 5 nitrogen and oxygen atoms in total. The smallest absolute Gasteiger partial charge is 0.283 e. The lowest BCUT2D eigenvalue weighted by atomic mass is 10.3. The highest BCUT2D eigenvalue weighted by molar-refractivity contribution is 5.68. The first kappa shape index (κ1) is 8.84. The number of fused-ring (bicyclic) bond motifs is 1. The van der Waals surface area contributed by atoms with Crippen LogP contribution in [0, 0.1) is 0 Å². The summed E-state index contributed by atoms with van der Waals surface area (Å²) in [6.07, 6.45) is 2.95. The van der Waals surface area contributed by atoms with Crippen LogP contribution in [0.3, 0.4) is 0 Å². The van der Waals surface area contributed by atoms with E-state index in [9.17, 15) is 4.79 Å². The summed E-state index contributed by atoms with van der Waals surface area (Å²) in [5.74, 6) is 0. The van der Waals surface area contributed by atoms with Crippen molar-refractivity contribution in [1.82, 2.24) is 19.5 Å². The van der Waals surface area contributed by atoms with Gasteiger partial charge in [-0.25, -0.2) is 9.97 Å². The minimum Gasteiger partial charge on any atom is -0.339 e. The van der Waals surface area contributed by atoms with Gasteiger partial charge in [0, 0.05) is 0 Å². The van der Waals surface area contributed by atoms with Crippen LogP contribution in [0.4, 0.5) is 0 Å². The standard InChI is InChI=1S/C11H8N4O/c16-11-9-10(13-6-12-9)14-7-15(11)8-4-2-1-3-5-8/h1-7H,(H,12,13). The maximum absolute atomic E-state index is 12.0. The summed E-state index contributed by atoms with van der Waals surface area (Å²) in [5, 5.41) is 0. The Bertz CT molecular complexity index is 684. The van der Waals surface area contributed by atoms with Gasteiger partial charge in [0.15, 0.2) is 11.2 Å². The molecule has 5 heteroatoms. The third-order valence-corrected chi connectivity index (χ3v) is 2.38. The van der Waals surface area contributed by atoms with Gasteiger partial charge in [0.1, 0.15) is 6.33 Å². The number of aromatic amines is 1. The SMILES string of the molecule is O=c1c2[nH]cnc2ncn1-c1ccccc1. The average molecular weight is 212 g/mol. The predicted molar refractivity (Wildman–Crippen MR) is 59.5 cm³/mol. The third-order valence-electron chi connectivity index (χ3n) is 2.38. The van der Waals surface area contributed by atoms with Crippen LogP contribution in [0.2, 0.25) is 0 Å². The summed E-state index contributed by atoms with van der Waals surface area (Å²) in [6, 6.07) is 9.35. The molecule has 0 fully saturated rings. The van der Waals surface area contributed by atoms with E-state index in [2.05, 4.69) is 15.0 Å². The second kappa shape index (κ2) is 3.30. The van der Waals surface area contributed by atoms with E-state index in [1.807, 2.05) is 30.3 Å². The topological polar surface area (TPSA) is 63.6 Å². The molecule has 1 N–H and O–H groups in total. The van der Waals surface area contributed by atoms with Gasteiger partial charge in [0.25, 0.3) is 5.56 Å². The number of para-hydroxylation sites is 1. The highest BCUT2D eigenvalue weighted by Gasteiger charge is 2.06. The summed E-state index contributed by atoms with van der Waals surface area (Å²) < 4.78 is 1.49. The van der Waals surface area contributed by atoms with Gasteiger partial charge in [-0.2, -0.15) is 0 Å². The van der Waals surface area contributed by atoms with Gasteiger partial charge in [-0.3, -0.25) is 9.36 Å². The summed E-state index contributed by atoms with van der Waals surface area (Å²) in [6.45, 7) is 0. The first-order valence-corrected chi connectivity index (χ1v) is 4.82. The highest BCUT2D eigenvalue weighted by Crippen LogP contribution is 2.05. The number of rotatable bonds is 1. The van der Waals surface area contributed by atoms with Crippen molar-refractivity contribution in [2.45, 2.75) is 0 Å². The zero-order valence-corrected chi connectivity index (χ0v) is 8.29. The molecule has 0 aliphatic heterocycles. The number of hydrogen-bond donors (Lipinski definition) is 1. The molecule has 0 aliphatic rings. The van der Waals surface area contributed by atoms with Gasteiger partial charge in [0.2, 0.25) is 0 Å². The molecule has 0 amide bonds. The zero-order valence-electron chi connectivity index (χ0n) is 8.29. The van der Waals surface area contributed by atoms with Crippen molar-refractivity contribution in [3.05, 3.63) is 53.3 Å². The number of nitrogens with zero attached hydrogens (tertiary/aromatic N) is 3. The molecule has 1 aromatic carbocycles. The lowest BCUT2D eigenvalue weighted by Gasteiger charge is -2.03. The Morgan fingerprint density at radius 3 is 2.75 bits per heavy atom. The number of H-pyrrole nitrogens is 1. The Hall–Kier alpha value is -2.43. The number of hydrogen-bond acceptors (Lipinski definition) is 3. The Morgan fingerprint density at radius 2 is 1.94 bits per heavy atom. The van der Waals surface area contributed by atoms with Gasteiger partial charge in [-0.05, 0) is 12.1 Å². The van der Waals surface area contributed by atoms with Crippen LogP contribution in [0.25, 0.3) is 16.9 Å². The molecule has 78 valence electrons. The molecule has 0 radical (unpaired) electrons. The second-order valence-corrected chi connectivity index (χ2v) is 3.36. The largest absolute Gasteiger partial charge is 0.339 e. The van der Waals surface area contributed by atoms with Crippen LogP contribution in [0.5, 0.6) is 0 Å². The summed E-state index contributed by atoms with van der Waals surface area (Å²) in [5.41, 5.74) is 1.51. The van der Waals surface area contributed by atoms with Crippen molar-refractivity contribution in [3.8, 4) is 5.69 Å². The van der Waals surface area contributed by atoms with Crippen molar-refractivity contribution in [2.75, 3.05) is 0 Å². The molecule has 0 spiro atoms. The molecule has 0 aliphatic carbocycles. The third kappa shape index (κ3) is 1.22. The number of benzene rings is 1. The molecule has 0 atom stereocenters. The molecular weight excluding hydrogens is 204 g/mol. The fraction of sp³-hybridized carbons (Fsp3) is 0. The number of imidazole rings is 1. The molecule has 2 aromatic heterocycles. The van der Waals surface area contributed by atoms with Crippen LogP contribution in [0.15, 0.2) is 47.8 Å². The monoisotopic (exact) mass is 212 g/mol. The van der Waals surface area contributed by atoms with Crippen LogP contribution >= 0.6 is 0 Å². The molecule has 3 aromatic rings. The summed E-state index contributed by atoms with van der Waals surface area (Å²) in [7, 11) is 0. The minimum atomic E-state index is -0.145. The average Bonchev–Trinajstić information content (AvgIpc) is 2.80. The van der Waals surface area contributed by atoms with Crippen molar-refractivity contribution >= 4 is 11.2 Å². The number of nitrogens with one attached hydrogen (secondary N) is 1. The quantitative estimate of drug-likeness (QED) is 0.657. The molecule has 0 saturated heterocycles. The van der Waals surface area contributed by atoms with Crippen molar-refractivity contribution in [1.29, 1.82) is 0 Å². The van der Waals surface area contributed by atoms with E-state index in [0.717, 1.165) is 5.69 Å². The van der Waals surface area contributed by atoms with E-state index in [-0.39, 0.29) is 5.56 Å². The Morgan fingerprint density at radius 1 is 1.12 bits per heavy atom. The van der Waals surface area contributed by atoms with Crippen LogP contribution in [-0.2, 0) is 0 Å². The normalized spacial score (nSPS) is 10.8. The van der Waals surface area contributed by atoms with Crippen LogP contribution in [0.1, 0.15) is 0 Å². The zero-order chi connectivity index (χ0) is 11.0. The van der Waals surface area contributed by atoms with E-state index in [1.54, 1.807) is 0 Å². The fourth-order valence-corrected chi connectivity index (χ4v) is 1.60. The Labute approximate surface area is 90.4 Å². The molecule has 0 unspecified atom stereocenters. The molecule has 0 saturated carbocycles. The molecule has 3 rings (SSSR count). The minimum absolute atomic E-state index is 0.145. The Balaban J connectivity index is 2.33. The lowest BCUT2D eigenvalue weighted by molar-refractivity contribution is 0.957. The van der Waals surface area contributed by atoms with E-state index < -0.39 is 0 Å². The predicted octanol–water partition coefficient (Wildman–Crippen LogP) is 1.11. The van der Waals surface area contributed by atoms with Gasteiger partial charge in [-0.15, -0.1) is 0 Å². The van der Waals surface area contributed by atoms with Gasteiger partial charge in [-0.1, -0.05) is 18.2 Å². The first-order valence-electron chi connectivity index (χ1n) is 4.82. The van der Waals surface area contributed by atoms with Crippen molar-refractivity contribution < 1.29 is 0 Å². The van der Waals surface area contributed by atoms with Crippen LogP contribution < -0.4 is 5.56 Å². The number of aromatic nitrogens is 4. The molecule has 0 bridgehead atoms. The first-order chi connectivity index (χ1) is 7.86. The maximum Gasteiger partial charge on any atom is 0.283 e. The summed E-state index contributed by atoms with van der Waals surface area (Å²) >= 11 is 0. The van der Waals surface area contributed by atoms with Crippen molar-refractivity contribution in [2.24, 2.45) is 0 Å². The maximum atomic E-state index is 12.0. The fourth-order valence-electron chi connectivity index (χ4n) is 1.60. The van der Waals surface area contributed by atoms with Gasteiger partial charge < -0.3 is 4.98 Å². The Kier molecular flexibility index (Phi) is 1.83. The van der Waals surface area contributed by atoms with E-state index >= 15 is 0 Å². The van der Waals surface area contributed by atoms with E-state index in [1.165, 1.54) is 17.2 Å². The highest BCUT2D eigenvalue weighted by atomic mass is 16.1. The van der Waals surface area contributed by atoms with E-state index in [0.29, 0.717) is 11.2 Å². The molecular formula is C11H8N4O. The van der Waals surface area contributed by atoms with Crippen molar-refractivity contribution in [3.63, 3.8) is 0 Å². The van der Waals surface area contributed by atoms with Crippen LogP contribution in [-0.4, -0.2) is 19.5 Å². The molecule has 2 heterocycles. The lowest BCUT2D eigenvalue weighted by Crippen LogP contribution is -2.18. The second-order valence-electron chi connectivity index (χ2n) is 3.36. The van der Waals surface area contributed by atoms with Gasteiger partial charge >= 0.3 is 0 Å². The molecule has 16 heavy (non-hydrogen) atoms. The van der Waals surface area contributed by atoms with E-state index in [4.69, 9.17) is 0 Å². The van der Waals surface area contributed by atoms with Gasteiger partial charge in [0.05, 0.1) is 12.0 Å².